The molecular formula is C14H17NO3. The molecule has 0 saturated carbocycles. The second-order valence-corrected chi connectivity index (χ2v) is 3.63. The van der Waals surface area contributed by atoms with Gasteiger partial charge in [-0.25, -0.2) is 4.79 Å². The first-order chi connectivity index (χ1) is 8.67. The van der Waals surface area contributed by atoms with E-state index in [0.29, 0.717) is 5.75 Å². The Morgan fingerprint density at radius 2 is 2.22 bits per heavy atom. The van der Waals surface area contributed by atoms with E-state index in [-0.39, 0.29) is 0 Å². The van der Waals surface area contributed by atoms with Crippen molar-refractivity contribution in [1.82, 2.24) is 5.32 Å². The highest BCUT2D eigenvalue weighted by Crippen LogP contribution is 2.22. The van der Waals surface area contributed by atoms with Crippen molar-refractivity contribution in [3.05, 3.63) is 41.5 Å². The van der Waals surface area contributed by atoms with Gasteiger partial charge in [0.25, 0.3) is 0 Å². The topological polar surface area (TPSA) is 58.6 Å². The van der Waals surface area contributed by atoms with Crippen LogP contribution in [-0.2, 0) is 4.79 Å². The number of benzene rings is 1. The van der Waals surface area contributed by atoms with E-state index in [0.717, 1.165) is 23.7 Å². The van der Waals surface area contributed by atoms with Crippen molar-refractivity contribution in [2.45, 2.75) is 0 Å². The molecule has 0 spiro atoms. The number of ether oxygens (including phenoxy) is 1. The molecule has 0 aromatic heterocycles. The predicted molar refractivity (Wildman–Crippen MR) is 72.6 cm³/mol. The maximum atomic E-state index is 10.5. The Balaban J connectivity index is 2.98. The van der Waals surface area contributed by atoms with Crippen molar-refractivity contribution in [3.63, 3.8) is 0 Å². The van der Waals surface area contributed by atoms with Gasteiger partial charge in [-0.3, -0.25) is 0 Å². The summed E-state index contributed by atoms with van der Waals surface area (Å²) in [6.45, 7) is 0.784. The number of methoxy groups -OCH3 is 1. The number of likely N-dealkylation sites (N-methyl/N-ethyl adjacent to an activating group) is 1. The Labute approximate surface area is 107 Å². The number of carbonyl (C=O) groups is 1. The van der Waals surface area contributed by atoms with E-state index in [1.54, 1.807) is 7.11 Å². The number of nitrogens with one attached hydrogen (secondary N) is 1. The lowest BCUT2D eigenvalue weighted by Crippen LogP contribution is -2.03. The highest BCUT2D eigenvalue weighted by atomic mass is 16.5. The normalized spacial score (nSPS) is 11.2. The summed E-state index contributed by atoms with van der Waals surface area (Å²) in [6, 6.07) is 5.62. The van der Waals surface area contributed by atoms with Crippen LogP contribution in [0.5, 0.6) is 5.75 Å². The third-order valence-electron chi connectivity index (χ3n) is 2.29. The standard InChI is InChI=1S/C14H17NO3/c1-15-9-3-4-11-5-7-13(18-2)12(10-11)6-8-14(16)17/h3-8,10,15H,9H2,1-2H3,(H,16,17)/b4-3?,8-6+. The largest absolute Gasteiger partial charge is 0.496 e. The second kappa shape index (κ2) is 7.29. The molecule has 0 unspecified atom stereocenters. The molecule has 0 aliphatic heterocycles. The molecular weight excluding hydrogens is 230 g/mol. The molecule has 1 aromatic carbocycles. The third kappa shape index (κ3) is 4.43. The van der Waals surface area contributed by atoms with Crippen molar-refractivity contribution >= 4 is 18.1 Å². The van der Waals surface area contributed by atoms with Crippen molar-refractivity contribution in [2.75, 3.05) is 20.7 Å². The summed E-state index contributed by atoms with van der Waals surface area (Å²) in [7, 11) is 3.43. The van der Waals surface area contributed by atoms with Gasteiger partial charge in [0.15, 0.2) is 0 Å². The molecule has 0 saturated heterocycles. The van der Waals surface area contributed by atoms with Crippen LogP contribution in [0.15, 0.2) is 30.4 Å². The van der Waals surface area contributed by atoms with Gasteiger partial charge < -0.3 is 15.2 Å². The SMILES string of the molecule is CNCC=Cc1ccc(OC)c(/C=C/C(=O)O)c1. The van der Waals surface area contributed by atoms with Crippen LogP contribution in [-0.4, -0.2) is 31.8 Å². The maximum absolute atomic E-state index is 10.5. The van der Waals surface area contributed by atoms with Crippen molar-refractivity contribution in [1.29, 1.82) is 0 Å². The molecule has 0 bridgehead atoms. The van der Waals surface area contributed by atoms with E-state index in [9.17, 15) is 4.79 Å². The van der Waals surface area contributed by atoms with E-state index < -0.39 is 5.97 Å². The smallest absolute Gasteiger partial charge is 0.328 e. The van der Waals surface area contributed by atoms with Crippen LogP contribution >= 0.6 is 0 Å². The summed E-state index contributed by atoms with van der Waals surface area (Å²) >= 11 is 0. The minimum atomic E-state index is -0.979. The van der Waals surface area contributed by atoms with Crippen molar-refractivity contribution in [2.24, 2.45) is 0 Å². The molecule has 0 radical (unpaired) electrons. The Morgan fingerprint density at radius 3 is 2.83 bits per heavy atom. The van der Waals surface area contributed by atoms with Crippen LogP contribution in [0.3, 0.4) is 0 Å². The van der Waals surface area contributed by atoms with Gasteiger partial charge in [0, 0.05) is 18.2 Å². The number of hydrogen-bond donors (Lipinski definition) is 2. The zero-order valence-electron chi connectivity index (χ0n) is 10.5. The minimum absolute atomic E-state index is 0.651. The highest BCUT2D eigenvalue weighted by molar-refractivity contribution is 5.86. The lowest BCUT2D eigenvalue weighted by Gasteiger charge is -2.05. The molecule has 0 aliphatic rings. The summed E-state index contributed by atoms with van der Waals surface area (Å²) < 4.78 is 5.18. The van der Waals surface area contributed by atoms with Gasteiger partial charge >= 0.3 is 5.97 Å². The molecule has 4 heteroatoms. The van der Waals surface area contributed by atoms with Crippen LogP contribution in [0.2, 0.25) is 0 Å². The fourth-order valence-electron chi connectivity index (χ4n) is 1.46. The average Bonchev–Trinajstić information content (AvgIpc) is 2.37. The lowest BCUT2D eigenvalue weighted by molar-refractivity contribution is -0.131. The number of rotatable bonds is 6. The summed E-state index contributed by atoms with van der Waals surface area (Å²) in [5, 5.41) is 11.6. The fraction of sp³-hybridized carbons (Fsp3) is 0.214. The molecule has 0 aliphatic carbocycles. The van der Waals surface area contributed by atoms with Gasteiger partial charge in [-0.2, -0.15) is 0 Å². The number of aliphatic carboxylic acids is 1. The Morgan fingerprint density at radius 1 is 1.44 bits per heavy atom. The van der Waals surface area contributed by atoms with Crippen LogP contribution in [0, 0.1) is 0 Å². The monoisotopic (exact) mass is 247 g/mol. The van der Waals surface area contributed by atoms with E-state index in [1.807, 2.05) is 37.4 Å². The third-order valence-corrected chi connectivity index (χ3v) is 2.29. The molecule has 0 heterocycles. The van der Waals surface area contributed by atoms with E-state index in [4.69, 9.17) is 9.84 Å². The molecule has 1 aromatic rings. The number of hydrogen-bond acceptors (Lipinski definition) is 3. The van der Waals surface area contributed by atoms with Crippen LogP contribution in [0.4, 0.5) is 0 Å². The Hall–Kier alpha value is -2.07. The van der Waals surface area contributed by atoms with Gasteiger partial charge in [-0.1, -0.05) is 18.2 Å². The lowest BCUT2D eigenvalue weighted by atomic mass is 10.1. The van der Waals surface area contributed by atoms with E-state index in [2.05, 4.69) is 5.32 Å². The van der Waals surface area contributed by atoms with Gasteiger partial charge in [0.2, 0.25) is 0 Å². The number of carboxylic acid groups (broad SMARTS) is 1. The Bertz CT molecular complexity index is 464. The zero-order valence-corrected chi connectivity index (χ0v) is 10.5. The second-order valence-electron chi connectivity index (χ2n) is 3.63. The van der Waals surface area contributed by atoms with Crippen molar-refractivity contribution < 1.29 is 14.6 Å². The molecule has 0 atom stereocenters. The average molecular weight is 247 g/mol. The minimum Gasteiger partial charge on any atom is -0.496 e. The molecule has 2 N–H and O–H groups in total. The molecule has 96 valence electrons. The Kier molecular flexibility index (Phi) is 5.67. The molecule has 4 nitrogen and oxygen atoms in total. The first-order valence-corrected chi connectivity index (χ1v) is 5.57. The molecule has 0 amide bonds. The van der Waals surface area contributed by atoms with E-state index >= 15 is 0 Å². The van der Waals surface area contributed by atoms with Crippen LogP contribution in [0.25, 0.3) is 12.2 Å². The van der Waals surface area contributed by atoms with Crippen LogP contribution < -0.4 is 10.1 Å². The van der Waals surface area contributed by atoms with Gasteiger partial charge in [-0.15, -0.1) is 0 Å². The predicted octanol–water partition coefficient (Wildman–Crippen LogP) is 2.03. The quantitative estimate of drug-likeness (QED) is 0.755. The first kappa shape index (κ1) is 14.0. The molecule has 0 fully saturated rings. The maximum Gasteiger partial charge on any atom is 0.328 e. The fourth-order valence-corrected chi connectivity index (χ4v) is 1.46. The van der Waals surface area contributed by atoms with Crippen molar-refractivity contribution in [3.8, 4) is 5.75 Å². The molecule has 18 heavy (non-hydrogen) atoms. The first-order valence-electron chi connectivity index (χ1n) is 5.57. The van der Waals surface area contributed by atoms with E-state index in [1.165, 1.54) is 6.08 Å². The summed E-state index contributed by atoms with van der Waals surface area (Å²) in [5.41, 5.74) is 1.74. The highest BCUT2D eigenvalue weighted by Gasteiger charge is 2.00. The number of carboxylic acids is 1. The summed E-state index contributed by atoms with van der Waals surface area (Å²) in [4.78, 5) is 10.5. The molecule has 1 rings (SSSR count). The van der Waals surface area contributed by atoms with Crippen LogP contribution in [0.1, 0.15) is 11.1 Å². The zero-order chi connectivity index (χ0) is 13.4. The van der Waals surface area contributed by atoms with Gasteiger partial charge in [-0.05, 0) is 30.8 Å². The van der Waals surface area contributed by atoms with Gasteiger partial charge in [0.05, 0.1) is 7.11 Å². The summed E-state index contributed by atoms with van der Waals surface area (Å²) in [5.74, 6) is -0.327. The van der Waals surface area contributed by atoms with Gasteiger partial charge in [0.1, 0.15) is 5.75 Å². The summed E-state index contributed by atoms with van der Waals surface area (Å²) in [6.07, 6.45) is 6.58.